The van der Waals surface area contributed by atoms with E-state index in [0.29, 0.717) is 23.4 Å². The Morgan fingerprint density at radius 3 is 2.29 bits per heavy atom. The molecule has 28 heavy (non-hydrogen) atoms. The number of halogens is 1. The highest BCUT2D eigenvalue weighted by Crippen LogP contribution is 2.23. The van der Waals surface area contributed by atoms with E-state index in [1.807, 2.05) is 30.3 Å². The second-order valence-corrected chi connectivity index (χ2v) is 7.26. The van der Waals surface area contributed by atoms with Crippen LogP contribution in [-0.4, -0.2) is 18.9 Å². The largest absolute Gasteiger partial charge is 0.496 e. The molecule has 0 heterocycles. The maximum Gasteiger partial charge on any atom is 0.255 e. The molecule has 6 heteroatoms. The zero-order chi connectivity index (χ0) is 19.9. The molecule has 5 nitrogen and oxygen atoms in total. The van der Waals surface area contributed by atoms with Gasteiger partial charge in [0.2, 0.25) is 5.91 Å². The summed E-state index contributed by atoms with van der Waals surface area (Å²) in [4.78, 5) is 24.7. The third kappa shape index (κ3) is 5.32. The van der Waals surface area contributed by atoms with Crippen molar-refractivity contribution in [2.24, 2.45) is 0 Å². The van der Waals surface area contributed by atoms with Gasteiger partial charge in [0.15, 0.2) is 0 Å². The van der Waals surface area contributed by atoms with Crippen LogP contribution in [0.4, 0.5) is 11.4 Å². The number of ether oxygens (including phenoxy) is 1. The van der Waals surface area contributed by atoms with Crippen molar-refractivity contribution in [2.45, 2.75) is 6.42 Å². The number of benzene rings is 3. The Hall–Kier alpha value is -2.87. The highest BCUT2D eigenvalue weighted by Gasteiger charge is 2.10. The molecule has 0 fully saturated rings. The van der Waals surface area contributed by atoms with Gasteiger partial charge in [0, 0.05) is 16.9 Å². The number of rotatable bonds is 6. The molecule has 3 aromatic rings. The van der Waals surface area contributed by atoms with Gasteiger partial charge in [-0.15, -0.1) is 0 Å². The van der Waals surface area contributed by atoms with Gasteiger partial charge in [-0.2, -0.15) is 0 Å². The fourth-order valence-corrected chi connectivity index (χ4v) is 3.41. The first-order chi connectivity index (χ1) is 13.5. The summed E-state index contributed by atoms with van der Waals surface area (Å²) in [5.41, 5.74) is 2.71. The number of hydrogen-bond acceptors (Lipinski definition) is 3. The van der Waals surface area contributed by atoms with Crippen LogP contribution in [0.15, 0.2) is 72.8 Å². The van der Waals surface area contributed by atoms with E-state index in [9.17, 15) is 9.59 Å². The minimum Gasteiger partial charge on any atom is -0.496 e. The second kappa shape index (κ2) is 9.36. The molecule has 0 aromatic heterocycles. The van der Waals surface area contributed by atoms with Crippen LogP contribution in [0.3, 0.4) is 0 Å². The van der Waals surface area contributed by atoms with Crippen molar-refractivity contribution in [2.75, 3.05) is 17.7 Å². The summed E-state index contributed by atoms with van der Waals surface area (Å²) in [7, 11) is 1.59. The van der Waals surface area contributed by atoms with Gasteiger partial charge >= 0.3 is 0 Å². The van der Waals surface area contributed by atoms with Gasteiger partial charge in [-0.05, 0) is 64.6 Å². The van der Waals surface area contributed by atoms with Crippen LogP contribution in [0.25, 0.3) is 0 Å². The zero-order valence-corrected chi connectivity index (χ0v) is 17.4. The van der Waals surface area contributed by atoms with Crippen LogP contribution in [0.2, 0.25) is 0 Å². The Kier molecular flexibility index (Phi) is 6.65. The summed E-state index contributed by atoms with van der Waals surface area (Å²) in [5.74, 6) is 0.382. The van der Waals surface area contributed by atoms with Gasteiger partial charge in [-0.25, -0.2) is 0 Å². The zero-order valence-electron chi connectivity index (χ0n) is 15.2. The highest BCUT2D eigenvalue weighted by molar-refractivity contribution is 14.1. The number of amides is 2. The van der Waals surface area contributed by atoms with E-state index in [1.165, 1.54) is 0 Å². The predicted molar refractivity (Wildman–Crippen MR) is 119 cm³/mol. The van der Waals surface area contributed by atoms with E-state index in [2.05, 4.69) is 33.2 Å². The maximum atomic E-state index is 12.5. The molecule has 0 aliphatic carbocycles. The van der Waals surface area contributed by atoms with Crippen molar-refractivity contribution in [3.63, 3.8) is 0 Å². The standard InChI is InChI=1S/C22H19IN2O3/c1-28-20-11-10-16(13-19(20)23)22(27)25-18-9-5-8-17(14-18)24-21(26)12-15-6-3-2-4-7-15/h2-11,13-14H,12H2,1H3,(H,24,26)(H,25,27). The Balaban J connectivity index is 1.65. The van der Waals surface area contributed by atoms with Crippen molar-refractivity contribution in [1.82, 2.24) is 0 Å². The van der Waals surface area contributed by atoms with E-state index in [0.717, 1.165) is 14.9 Å². The fraction of sp³-hybridized carbons (Fsp3) is 0.0909. The molecule has 0 atom stereocenters. The topological polar surface area (TPSA) is 67.4 Å². The Morgan fingerprint density at radius 1 is 0.893 bits per heavy atom. The van der Waals surface area contributed by atoms with Crippen molar-refractivity contribution in [1.29, 1.82) is 0 Å². The van der Waals surface area contributed by atoms with Crippen LogP contribution in [0.5, 0.6) is 5.75 Å². The average molecular weight is 486 g/mol. The number of carbonyl (C=O) groups is 2. The van der Waals surface area contributed by atoms with E-state index >= 15 is 0 Å². The second-order valence-electron chi connectivity index (χ2n) is 6.09. The first-order valence-electron chi connectivity index (χ1n) is 8.64. The lowest BCUT2D eigenvalue weighted by atomic mass is 10.1. The summed E-state index contributed by atoms with van der Waals surface area (Å²) < 4.78 is 6.07. The molecule has 0 bridgehead atoms. The molecule has 0 aliphatic rings. The summed E-state index contributed by atoms with van der Waals surface area (Å²) in [6, 6.07) is 21.8. The highest BCUT2D eigenvalue weighted by atomic mass is 127. The van der Waals surface area contributed by atoms with E-state index < -0.39 is 0 Å². The molecular formula is C22H19IN2O3. The van der Waals surface area contributed by atoms with Crippen LogP contribution < -0.4 is 15.4 Å². The Labute approximate surface area is 177 Å². The van der Waals surface area contributed by atoms with Crippen LogP contribution in [0.1, 0.15) is 15.9 Å². The molecule has 142 valence electrons. The minimum absolute atomic E-state index is 0.112. The van der Waals surface area contributed by atoms with Gasteiger partial charge in [-0.3, -0.25) is 9.59 Å². The van der Waals surface area contributed by atoms with Gasteiger partial charge in [0.1, 0.15) is 5.75 Å². The molecule has 0 saturated heterocycles. The summed E-state index contributed by atoms with van der Waals surface area (Å²) >= 11 is 2.13. The molecule has 2 N–H and O–H groups in total. The van der Waals surface area contributed by atoms with Crippen LogP contribution in [-0.2, 0) is 11.2 Å². The van der Waals surface area contributed by atoms with Gasteiger partial charge in [0.05, 0.1) is 17.1 Å². The number of hydrogen-bond donors (Lipinski definition) is 2. The molecule has 2 amide bonds. The lowest BCUT2D eigenvalue weighted by Gasteiger charge is -2.10. The summed E-state index contributed by atoms with van der Waals surface area (Å²) in [6.07, 6.45) is 0.293. The monoisotopic (exact) mass is 486 g/mol. The summed E-state index contributed by atoms with van der Waals surface area (Å²) in [6.45, 7) is 0. The molecule has 0 saturated carbocycles. The average Bonchev–Trinajstić information content (AvgIpc) is 2.68. The number of carbonyl (C=O) groups excluding carboxylic acids is 2. The molecule has 0 spiro atoms. The molecule has 3 aromatic carbocycles. The van der Waals surface area contributed by atoms with E-state index in [1.54, 1.807) is 49.6 Å². The SMILES string of the molecule is COc1ccc(C(=O)Nc2cccc(NC(=O)Cc3ccccc3)c2)cc1I. The van der Waals surface area contributed by atoms with Crippen molar-refractivity contribution in [3.05, 3.63) is 87.5 Å². The molecule has 0 radical (unpaired) electrons. The molecule has 0 unspecified atom stereocenters. The quantitative estimate of drug-likeness (QED) is 0.495. The predicted octanol–water partition coefficient (Wildman–Crippen LogP) is 4.73. The Bertz CT molecular complexity index is 990. The van der Waals surface area contributed by atoms with Crippen molar-refractivity contribution < 1.29 is 14.3 Å². The van der Waals surface area contributed by atoms with E-state index in [4.69, 9.17) is 4.74 Å². The number of anilines is 2. The third-order valence-electron chi connectivity index (χ3n) is 4.03. The normalized spacial score (nSPS) is 10.2. The van der Waals surface area contributed by atoms with Gasteiger partial charge in [-0.1, -0.05) is 36.4 Å². The lowest BCUT2D eigenvalue weighted by Crippen LogP contribution is -2.15. The van der Waals surface area contributed by atoms with Gasteiger partial charge < -0.3 is 15.4 Å². The third-order valence-corrected chi connectivity index (χ3v) is 4.87. The maximum absolute atomic E-state index is 12.5. The van der Waals surface area contributed by atoms with E-state index in [-0.39, 0.29) is 11.8 Å². The van der Waals surface area contributed by atoms with Crippen LogP contribution in [0, 0.1) is 3.57 Å². The summed E-state index contributed by atoms with van der Waals surface area (Å²) in [5, 5.41) is 5.71. The van der Waals surface area contributed by atoms with Crippen molar-refractivity contribution in [3.8, 4) is 5.75 Å². The number of nitrogens with one attached hydrogen (secondary N) is 2. The van der Waals surface area contributed by atoms with Gasteiger partial charge in [0.25, 0.3) is 5.91 Å². The van der Waals surface area contributed by atoms with Crippen LogP contribution >= 0.6 is 22.6 Å². The smallest absolute Gasteiger partial charge is 0.255 e. The van der Waals surface area contributed by atoms with Crippen molar-refractivity contribution >= 4 is 45.8 Å². The molecule has 3 rings (SSSR count). The first kappa shape index (κ1) is 19.9. The fourth-order valence-electron chi connectivity index (χ4n) is 2.67. The molecular weight excluding hydrogens is 467 g/mol. The first-order valence-corrected chi connectivity index (χ1v) is 9.72. The molecule has 0 aliphatic heterocycles. The Morgan fingerprint density at radius 2 is 1.61 bits per heavy atom. The minimum atomic E-state index is -0.228. The number of methoxy groups -OCH3 is 1. The lowest BCUT2D eigenvalue weighted by molar-refractivity contribution is -0.115.